The van der Waals surface area contributed by atoms with E-state index in [1.165, 1.54) is 36.7 Å². The van der Waals surface area contributed by atoms with E-state index >= 15 is 0 Å². The lowest BCUT2D eigenvalue weighted by molar-refractivity contribution is 0.0697. The van der Waals surface area contributed by atoms with Gasteiger partial charge < -0.3 is 19.2 Å². The summed E-state index contributed by atoms with van der Waals surface area (Å²) < 4.78 is 38.5. The van der Waals surface area contributed by atoms with Gasteiger partial charge in [0.2, 0.25) is 5.89 Å². The quantitative estimate of drug-likeness (QED) is 0.183. The number of carboxylic acid groups (broad SMARTS) is 1. The number of ether oxygens (including phenoxy) is 1. The fourth-order valence-electron chi connectivity index (χ4n) is 5.09. The highest BCUT2D eigenvalue weighted by atomic mass is 32.1. The van der Waals surface area contributed by atoms with Crippen LogP contribution in [-0.4, -0.2) is 27.6 Å². The minimum Gasteiger partial charge on any atom is -0.489 e. The summed E-state index contributed by atoms with van der Waals surface area (Å²) in [5, 5.41) is 12.0. The van der Waals surface area contributed by atoms with E-state index in [-0.39, 0.29) is 19.6 Å². The van der Waals surface area contributed by atoms with Gasteiger partial charge in [0.15, 0.2) is 22.3 Å². The SMILES string of the molecule is C.O=C(O)c1ccc(N(CC2CCCCC2)c2nc(-c3nc4ccc(OCc5ccc(F)c(F)c5)cc4o3)cs2)cc1. The van der Waals surface area contributed by atoms with Crippen molar-refractivity contribution in [2.45, 2.75) is 46.1 Å². The van der Waals surface area contributed by atoms with Crippen LogP contribution in [0.4, 0.5) is 19.6 Å². The predicted octanol–water partition coefficient (Wildman–Crippen LogP) is 8.86. The molecule has 2 aromatic heterocycles. The summed E-state index contributed by atoms with van der Waals surface area (Å²) in [7, 11) is 0. The molecule has 42 heavy (non-hydrogen) atoms. The number of hydrogen-bond donors (Lipinski definition) is 1. The van der Waals surface area contributed by atoms with Crippen LogP contribution in [-0.2, 0) is 6.61 Å². The van der Waals surface area contributed by atoms with E-state index in [0.29, 0.717) is 39.9 Å². The summed E-state index contributed by atoms with van der Waals surface area (Å²) >= 11 is 1.48. The molecular formula is C32H31F2N3O4S. The smallest absolute Gasteiger partial charge is 0.335 e. The van der Waals surface area contributed by atoms with Crippen LogP contribution in [0.25, 0.3) is 22.7 Å². The van der Waals surface area contributed by atoms with E-state index in [0.717, 1.165) is 42.3 Å². The molecule has 6 rings (SSSR count). The Balaban J connectivity index is 0.00000353. The topological polar surface area (TPSA) is 88.7 Å². The van der Waals surface area contributed by atoms with Crippen LogP contribution in [0, 0.1) is 17.6 Å². The molecule has 0 amide bonds. The molecule has 1 aliphatic carbocycles. The first-order valence-electron chi connectivity index (χ1n) is 13.5. The second-order valence-electron chi connectivity index (χ2n) is 10.2. The highest BCUT2D eigenvalue weighted by Gasteiger charge is 2.23. The lowest BCUT2D eigenvalue weighted by Crippen LogP contribution is -2.26. The van der Waals surface area contributed by atoms with Gasteiger partial charge >= 0.3 is 5.97 Å². The van der Waals surface area contributed by atoms with Gasteiger partial charge in [0.1, 0.15) is 23.6 Å². The molecular weight excluding hydrogens is 560 g/mol. The summed E-state index contributed by atoms with van der Waals surface area (Å²) in [6, 6.07) is 15.8. The summed E-state index contributed by atoms with van der Waals surface area (Å²) in [5.74, 6) is -1.36. The van der Waals surface area contributed by atoms with Crippen molar-refractivity contribution < 1.29 is 27.8 Å². The number of anilines is 2. The molecule has 0 saturated heterocycles. The number of oxazole rings is 1. The molecule has 5 aromatic rings. The van der Waals surface area contributed by atoms with Crippen molar-refractivity contribution in [3.05, 3.63) is 88.8 Å². The molecule has 1 N–H and O–H groups in total. The van der Waals surface area contributed by atoms with Crippen LogP contribution in [0.1, 0.15) is 55.5 Å². The number of nitrogens with zero attached hydrogens (tertiary/aromatic N) is 3. The lowest BCUT2D eigenvalue weighted by Gasteiger charge is -2.29. The average molecular weight is 592 g/mol. The first kappa shape index (κ1) is 29.2. The van der Waals surface area contributed by atoms with Gasteiger partial charge in [0.05, 0.1) is 5.56 Å². The maximum absolute atomic E-state index is 13.5. The zero-order valence-corrected chi connectivity index (χ0v) is 22.9. The Bertz CT molecular complexity index is 1680. The monoisotopic (exact) mass is 591 g/mol. The van der Waals surface area contributed by atoms with E-state index in [4.69, 9.17) is 14.1 Å². The van der Waals surface area contributed by atoms with Crippen molar-refractivity contribution in [2.75, 3.05) is 11.4 Å². The third-order valence-electron chi connectivity index (χ3n) is 7.28. The second kappa shape index (κ2) is 12.7. The molecule has 7 nitrogen and oxygen atoms in total. The van der Waals surface area contributed by atoms with Gasteiger partial charge in [-0.1, -0.05) is 32.8 Å². The molecule has 0 atom stereocenters. The van der Waals surface area contributed by atoms with Crippen LogP contribution >= 0.6 is 11.3 Å². The van der Waals surface area contributed by atoms with Crippen molar-refractivity contribution in [1.82, 2.24) is 9.97 Å². The maximum Gasteiger partial charge on any atom is 0.335 e. The van der Waals surface area contributed by atoms with E-state index in [1.54, 1.807) is 30.3 Å². The number of aromatic nitrogens is 2. The Kier molecular flexibility index (Phi) is 8.82. The first-order valence-corrected chi connectivity index (χ1v) is 14.3. The fourth-order valence-corrected chi connectivity index (χ4v) is 5.92. The standard InChI is InChI=1S/C31H27F2N3O4S.CH4/c32-24-12-6-20(14-25(24)33)17-39-23-11-13-26-28(15-23)40-29(34-26)27-18-41-31(35-27)36(16-19-4-2-1-3-5-19)22-9-7-21(8-10-22)30(37)38;/h6-15,18-19H,1-5,16-17H2,(H,37,38);1H4. The van der Waals surface area contributed by atoms with Gasteiger partial charge in [0.25, 0.3) is 0 Å². The summed E-state index contributed by atoms with van der Waals surface area (Å²) in [4.78, 5) is 23.0. The van der Waals surface area contributed by atoms with Gasteiger partial charge in [-0.3, -0.25) is 0 Å². The molecule has 1 fully saturated rings. The summed E-state index contributed by atoms with van der Waals surface area (Å²) in [5.41, 5.74) is 3.39. The molecule has 218 valence electrons. The predicted molar refractivity (Wildman–Crippen MR) is 160 cm³/mol. The van der Waals surface area contributed by atoms with Gasteiger partial charge in [-0.2, -0.15) is 0 Å². The summed E-state index contributed by atoms with van der Waals surface area (Å²) in [6.07, 6.45) is 6.02. The molecule has 0 spiro atoms. The molecule has 3 aromatic carbocycles. The van der Waals surface area contributed by atoms with Crippen LogP contribution in [0.15, 0.2) is 70.5 Å². The second-order valence-corrected chi connectivity index (χ2v) is 11.0. The van der Waals surface area contributed by atoms with Crippen LogP contribution < -0.4 is 9.64 Å². The number of rotatable bonds is 9. The van der Waals surface area contributed by atoms with Gasteiger partial charge in [0, 0.05) is 23.7 Å². The Hall–Kier alpha value is -4.31. The molecule has 2 heterocycles. The van der Waals surface area contributed by atoms with Crippen LogP contribution in [0.5, 0.6) is 5.75 Å². The van der Waals surface area contributed by atoms with Gasteiger partial charge in [-0.15, -0.1) is 11.3 Å². The van der Waals surface area contributed by atoms with E-state index in [9.17, 15) is 18.7 Å². The summed E-state index contributed by atoms with van der Waals surface area (Å²) in [6.45, 7) is 0.870. The normalized spacial score (nSPS) is 13.6. The van der Waals surface area contributed by atoms with E-state index in [1.807, 2.05) is 17.5 Å². The average Bonchev–Trinajstić information content (AvgIpc) is 3.64. The highest BCUT2D eigenvalue weighted by molar-refractivity contribution is 7.14. The lowest BCUT2D eigenvalue weighted by atomic mass is 9.89. The van der Waals surface area contributed by atoms with Crippen molar-refractivity contribution in [1.29, 1.82) is 0 Å². The molecule has 0 aliphatic heterocycles. The number of aromatic carboxylic acids is 1. The third kappa shape index (κ3) is 6.44. The minimum atomic E-state index is -0.958. The van der Waals surface area contributed by atoms with Crippen molar-refractivity contribution in [3.63, 3.8) is 0 Å². The Morgan fingerprint density at radius 2 is 1.79 bits per heavy atom. The van der Waals surface area contributed by atoms with Crippen LogP contribution in [0.2, 0.25) is 0 Å². The number of fused-ring (bicyclic) bond motifs is 1. The third-order valence-corrected chi connectivity index (χ3v) is 8.15. The van der Waals surface area contributed by atoms with E-state index < -0.39 is 17.6 Å². The Morgan fingerprint density at radius 1 is 1.00 bits per heavy atom. The number of benzene rings is 3. The van der Waals surface area contributed by atoms with Crippen molar-refractivity contribution >= 4 is 39.2 Å². The number of hydrogen-bond acceptors (Lipinski definition) is 7. The van der Waals surface area contributed by atoms with Crippen molar-refractivity contribution in [3.8, 4) is 17.3 Å². The first-order chi connectivity index (χ1) is 19.9. The van der Waals surface area contributed by atoms with E-state index in [2.05, 4.69) is 9.88 Å². The number of carboxylic acids is 1. The number of halogens is 2. The Labute approximate surface area is 246 Å². The fraction of sp³-hybridized carbons (Fsp3) is 0.281. The minimum absolute atomic E-state index is 0. The Morgan fingerprint density at radius 3 is 2.52 bits per heavy atom. The molecule has 0 unspecified atom stereocenters. The largest absolute Gasteiger partial charge is 0.489 e. The zero-order valence-electron chi connectivity index (χ0n) is 22.1. The van der Waals surface area contributed by atoms with Crippen molar-refractivity contribution in [2.24, 2.45) is 5.92 Å². The number of carbonyl (C=O) groups is 1. The van der Waals surface area contributed by atoms with Crippen LogP contribution in [0.3, 0.4) is 0 Å². The number of thiazole rings is 1. The molecule has 0 radical (unpaired) electrons. The molecule has 0 bridgehead atoms. The molecule has 1 aliphatic rings. The van der Waals surface area contributed by atoms with Gasteiger partial charge in [-0.05, 0) is 72.9 Å². The molecule has 1 saturated carbocycles. The van der Waals surface area contributed by atoms with Gasteiger partial charge in [-0.25, -0.2) is 23.5 Å². The zero-order chi connectivity index (χ0) is 28.3. The highest BCUT2D eigenvalue weighted by Crippen LogP contribution is 2.36. The molecule has 10 heteroatoms. The maximum atomic E-state index is 13.5.